The summed E-state index contributed by atoms with van der Waals surface area (Å²) in [6.07, 6.45) is 3.81. The van der Waals surface area contributed by atoms with Gasteiger partial charge in [-0.05, 0) is 65.8 Å². The predicted octanol–water partition coefficient (Wildman–Crippen LogP) is 6.33. The largest absolute Gasteiger partial charge is 0.508 e. The maximum atomic E-state index is 15.0. The summed E-state index contributed by atoms with van der Waals surface area (Å²) in [5.41, 5.74) is 1.70. The minimum absolute atomic E-state index is 0.000222. The Morgan fingerprint density at radius 1 is 0.796 bits per heavy atom. The monoisotopic (exact) mass is 650 g/mol. The van der Waals surface area contributed by atoms with Crippen molar-refractivity contribution >= 4 is 40.3 Å². The Labute approximate surface area is 281 Å². The first-order chi connectivity index (χ1) is 23.7. The Balaban J connectivity index is 1.32. The van der Waals surface area contributed by atoms with Crippen molar-refractivity contribution in [1.29, 1.82) is 0 Å². The van der Waals surface area contributed by atoms with Gasteiger partial charge in [-0.1, -0.05) is 84.4 Å². The second kappa shape index (κ2) is 11.3. The van der Waals surface area contributed by atoms with E-state index < -0.39 is 51.7 Å². The minimum Gasteiger partial charge on any atom is -0.508 e. The van der Waals surface area contributed by atoms with Gasteiger partial charge in [-0.3, -0.25) is 34.2 Å². The number of phenolic OH excluding ortho intramolecular Hbond substituents is 1. The molecule has 242 valence electrons. The van der Waals surface area contributed by atoms with Crippen LogP contribution in [-0.4, -0.2) is 33.4 Å². The lowest BCUT2D eigenvalue weighted by Gasteiger charge is -2.55. The molecule has 49 heavy (non-hydrogen) atoms. The number of fused-ring (bicyclic) bond motifs is 4. The van der Waals surface area contributed by atoms with Crippen molar-refractivity contribution in [3.8, 4) is 5.75 Å². The molecule has 1 aliphatic heterocycles. The number of nitro benzene ring substituents is 1. The Bertz CT molecular complexity index is 2120. The molecule has 4 aromatic rings. The van der Waals surface area contributed by atoms with Gasteiger partial charge in [0.15, 0.2) is 11.6 Å². The van der Waals surface area contributed by atoms with Crippen LogP contribution in [0.5, 0.6) is 5.75 Å². The molecule has 0 bridgehead atoms. The number of imide groups is 1. The van der Waals surface area contributed by atoms with E-state index in [2.05, 4.69) is 0 Å². The van der Waals surface area contributed by atoms with Gasteiger partial charge in [0.05, 0.1) is 27.9 Å². The molecule has 2 fully saturated rings. The van der Waals surface area contributed by atoms with Gasteiger partial charge in [0, 0.05) is 29.5 Å². The third-order valence-corrected chi connectivity index (χ3v) is 10.9. The number of Topliss-reactive ketones (excluding diaryl/α,β-unsaturated/α-hetero) is 1. The van der Waals surface area contributed by atoms with E-state index >= 15 is 0 Å². The number of phenols is 1. The van der Waals surface area contributed by atoms with Gasteiger partial charge in [0.1, 0.15) is 5.75 Å². The number of non-ortho nitro benzene ring substituents is 1. The lowest BCUT2D eigenvalue weighted by molar-refractivity contribution is -0.384. The number of carbonyl (C=O) groups is 4. The molecule has 6 unspecified atom stereocenters. The number of nitrogens with zero attached hydrogens (tertiary/aromatic N) is 2. The molecule has 0 radical (unpaired) electrons. The number of anilines is 1. The number of carbonyl (C=O) groups excluding carboxylic acids is 4. The fraction of sp³-hybridized carbons (Fsp3) is 0.200. The molecule has 8 rings (SSSR count). The van der Waals surface area contributed by atoms with Crippen LogP contribution in [0.3, 0.4) is 0 Å². The molecule has 4 aromatic carbocycles. The number of hydrogen-bond donors (Lipinski definition) is 1. The Kier molecular flexibility index (Phi) is 7.03. The van der Waals surface area contributed by atoms with Crippen LogP contribution in [-0.2, 0) is 24.6 Å². The molecule has 6 atom stereocenters. The summed E-state index contributed by atoms with van der Waals surface area (Å²) in [7, 11) is 0. The van der Waals surface area contributed by atoms with Crippen LogP contribution in [0.15, 0.2) is 127 Å². The van der Waals surface area contributed by atoms with Gasteiger partial charge >= 0.3 is 0 Å². The molecule has 3 aliphatic carbocycles. The first kappa shape index (κ1) is 30.4. The maximum Gasteiger partial charge on any atom is 0.269 e. The zero-order valence-corrected chi connectivity index (χ0v) is 26.1. The predicted molar refractivity (Wildman–Crippen MR) is 180 cm³/mol. The van der Waals surface area contributed by atoms with Gasteiger partial charge < -0.3 is 5.11 Å². The van der Waals surface area contributed by atoms with Crippen LogP contribution in [0, 0.1) is 33.8 Å². The minimum atomic E-state index is -1.39. The van der Waals surface area contributed by atoms with Crippen molar-refractivity contribution in [3.63, 3.8) is 0 Å². The summed E-state index contributed by atoms with van der Waals surface area (Å²) in [4.78, 5) is 70.1. The number of nitro groups is 1. The Hall–Kier alpha value is -5.96. The number of hydrogen-bond acceptors (Lipinski definition) is 7. The quantitative estimate of drug-likeness (QED) is 0.115. The number of rotatable bonds is 5. The van der Waals surface area contributed by atoms with Crippen molar-refractivity contribution in [2.75, 3.05) is 4.90 Å². The van der Waals surface area contributed by atoms with E-state index in [0.717, 1.165) is 10.5 Å². The summed E-state index contributed by atoms with van der Waals surface area (Å²) in [6, 6.07) is 30.3. The molecule has 0 spiro atoms. The molecular weight excluding hydrogens is 620 g/mol. The molecule has 1 saturated heterocycles. The molecule has 0 aromatic heterocycles. The van der Waals surface area contributed by atoms with E-state index in [0.29, 0.717) is 22.3 Å². The van der Waals surface area contributed by atoms with E-state index in [1.807, 2.05) is 60.7 Å². The standard InChI is InChI=1S/C40H30N2O7/c43-28-13-7-10-24(20-28)36-29-18-19-30-35(39(47)41(38(30)46)26-14-16-27(17-15-26)42(48)49)32(29)21-33-37(45)31(23-8-3-1-4-9-23)22-34(44)40(33,36)25-11-5-2-6-12-25/h1-18,20,22,30,32-33,35-36,43H,19,21H2. The summed E-state index contributed by atoms with van der Waals surface area (Å²) in [5, 5.41) is 22.0. The van der Waals surface area contributed by atoms with Crippen molar-refractivity contribution in [3.05, 3.63) is 154 Å². The number of ketones is 2. The fourth-order valence-electron chi connectivity index (χ4n) is 8.93. The number of aromatic hydroxyl groups is 1. The third-order valence-electron chi connectivity index (χ3n) is 10.9. The highest BCUT2D eigenvalue weighted by Crippen LogP contribution is 2.63. The third kappa shape index (κ3) is 4.45. The second-order valence-corrected chi connectivity index (χ2v) is 13.2. The van der Waals surface area contributed by atoms with Crippen LogP contribution in [0.4, 0.5) is 11.4 Å². The van der Waals surface area contributed by atoms with E-state index in [4.69, 9.17) is 0 Å². The number of amides is 2. The SMILES string of the molecule is O=C1C(c2ccccc2)=CC(=O)C2(c3ccccc3)C1CC1C(=CCC3C(=O)N(c4ccc([N+](=O)[O-])cc4)C(=O)C31)C2c1cccc(O)c1. The summed E-state index contributed by atoms with van der Waals surface area (Å²) < 4.78 is 0. The molecule has 9 heteroatoms. The average Bonchev–Trinajstić information content (AvgIpc) is 3.38. The topological polar surface area (TPSA) is 135 Å². The molecule has 1 heterocycles. The zero-order chi connectivity index (χ0) is 34.0. The van der Waals surface area contributed by atoms with Gasteiger partial charge in [-0.2, -0.15) is 0 Å². The van der Waals surface area contributed by atoms with Crippen LogP contribution >= 0.6 is 0 Å². The van der Waals surface area contributed by atoms with Crippen molar-refractivity contribution in [1.82, 2.24) is 0 Å². The van der Waals surface area contributed by atoms with E-state index in [1.165, 1.54) is 30.3 Å². The zero-order valence-electron chi connectivity index (χ0n) is 26.1. The Morgan fingerprint density at radius 2 is 1.49 bits per heavy atom. The summed E-state index contributed by atoms with van der Waals surface area (Å²) in [6.45, 7) is 0. The molecule has 4 aliphatic rings. The van der Waals surface area contributed by atoms with E-state index in [-0.39, 0.29) is 41.5 Å². The van der Waals surface area contributed by atoms with Crippen molar-refractivity contribution in [2.45, 2.75) is 24.2 Å². The average molecular weight is 651 g/mol. The van der Waals surface area contributed by atoms with Crippen molar-refractivity contribution in [2.24, 2.45) is 23.7 Å². The summed E-state index contributed by atoms with van der Waals surface area (Å²) >= 11 is 0. The van der Waals surface area contributed by atoms with Gasteiger partial charge in [-0.25, -0.2) is 0 Å². The normalized spacial score (nSPS) is 27.5. The van der Waals surface area contributed by atoms with Crippen LogP contribution in [0.1, 0.15) is 35.4 Å². The lowest BCUT2D eigenvalue weighted by Crippen LogP contribution is -2.58. The maximum absolute atomic E-state index is 15.0. The molecule has 2 amide bonds. The van der Waals surface area contributed by atoms with Gasteiger partial charge in [0.25, 0.3) is 5.69 Å². The summed E-state index contributed by atoms with van der Waals surface area (Å²) in [5.74, 6) is -5.00. The van der Waals surface area contributed by atoms with Gasteiger partial charge in [-0.15, -0.1) is 0 Å². The van der Waals surface area contributed by atoms with Gasteiger partial charge in [0.2, 0.25) is 11.8 Å². The molecule has 9 nitrogen and oxygen atoms in total. The number of benzene rings is 4. The molecule has 1 saturated carbocycles. The fourth-order valence-corrected chi connectivity index (χ4v) is 8.93. The number of allylic oxidation sites excluding steroid dienone is 4. The van der Waals surface area contributed by atoms with E-state index in [9.17, 15) is 34.4 Å². The highest BCUT2D eigenvalue weighted by atomic mass is 16.6. The van der Waals surface area contributed by atoms with Crippen LogP contribution in [0.25, 0.3) is 5.57 Å². The second-order valence-electron chi connectivity index (χ2n) is 13.2. The van der Waals surface area contributed by atoms with Crippen LogP contribution < -0.4 is 4.90 Å². The highest BCUT2D eigenvalue weighted by molar-refractivity contribution is 6.32. The highest BCUT2D eigenvalue weighted by Gasteiger charge is 2.66. The van der Waals surface area contributed by atoms with Crippen molar-refractivity contribution < 1.29 is 29.2 Å². The first-order valence-electron chi connectivity index (χ1n) is 16.2. The lowest BCUT2D eigenvalue weighted by atomic mass is 9.44. The molecule has 1 N–H and O–H groups in total. The van der Waals surface area contributed by atoms with Crippen LogP contribution in [0.2, 0.25) is 0 Å². The molecular formula is C40H30N2O7. The smallest absolute Gasteiger partial charge is 0.269 e. The van der Waals surface area contributed by atoms with E-state index in [1.54, 1.807) is 30.3 Å². The first-order valence-corrected chi connectivity index (χ1v) is 16.2. The Morgan fingerprint density at radius 3 is 2.16 bits per heavy atom.